The predicted molar refractivity (Wildman–Crippen MR) is 92.3 cm³/mol. The first kappa shape index (κ1) is 17.1. The highest BCUT2D eigenvalue weighted by Crippen LogP contribution is 2.51. The Bertz CT molecular complexity index is 835. The van der Waals surface area contributed by atoms with Crippen molar-refractivity contribution in [3.8, 4) is 17.2 Å². The summed E-state index contributed by atoms with van der Waals surface area (Å²) < 4.78 is 30.8. The van der Waals surface area contributed by atoms with Gasteiger partial charge in [0, 0.05) is 24.0 Å². The standard InChI is InChI=1S/C19H20FNO4/c1-10-5-6-13(20)11(7-10)12-8-16(22)21-14-9-15(23-2)18(24-3)19(25-4)17(12)14/h5-7,9,12H,8H2,1-4H3,(H,21,22). The number of carbonyl (C=O) groups is 1. The SMILES string of the molecule is COc1cc2c(c(OC)c1OC)C(c1cc(C)ccc1F)CC(=O)N2. The van der Waals surface area contributed by atoms with E-state index in [2.05, 4.69) is 5.32 Å². The third kappa shape index (κ3) is 2.88. The number of carbonyl (C=O) groups excluding carboxylic acids is 1. The van der Waals surface area contributed by atoms with E-state index in [4.69, 9.17) is 14.2 Å². The molecule has 132 valence electrons. The molecule has 1 amide bonds. The molecule has 1 N–H and O–H groups in total. The van der Waals surface area contributed by atoms with Crippen LogP contribution in [0.3, 0.4) is 0 Å². The molecule has 0 aromatic heterocycles. The Morgan fingerprint density at radius 2 is 1.80 bits per heavy atom. The van der Waals surface area contributed by atoms with Crippen LogP contribution < -0.4 is 19.5 Å². The lowest BCUT2D eigenvalue weighted by Gasteiger charge is -2.29. The summed E-state index contributed by atoms with van der Waals surface area (Å²) in [5, 5.41) is 2.82. The molecule has 0 aliphatic carbocycles. The zero-order valence-corrected chi connectivity index (χ0v) is 14.6. The summed E-state index contributed by atoms with van der Waals surface area (Å²) in [7, 11) is 4.53. The first-order valence-electron chi connectivity index (χ1n) is 7.88. The van der Waals surface area contributed by atoms with Gasteiger partial charge in [-0.25, -0.2) is 4.39 Å². The molecule has 0 saturated heterocycles. The number of aryl methyl sites for hydroxylation is 1. The molecule has 2 aromatic rings. The number of rotatable bonds is 4. The van der Waals surface area contributed by atoms with Gasteiger partial charge in [0.1, 0.15) is 5.82 Å². The van der Waals surface area contributed by atoms with Crippen molar-refractivity contribution in [3.05, 3.63) is 46.8 Å². The van der Waals surface area contributed by atoms with E-state index in [0.717, 1.165) is 5.56 Å². The quantitative estimate of drug-likeness (QED) is 0.919. The normalized spacial score (nSPS) is 16.0. The third-order valence-corrected chi connectivity index (χ3v) is 4.41. The highest BCUT2D eigenvalue weighted by Gasteiger charge is 2.34. The fraction of sp³-hybridized carbons (Fsp3) is 0.316. The zero-order valence-electron chi connectivity index (χ0n) is 14.6. The number of amides is 1. The molecule has 1 heterocycles. The lowest BCUT2D eigenvalue weighted by atomic mass is 9.83. The van der Waals surface area contributed by atoms with Crippen LogP contribution in [-0.4, -0.2) is 27.2 Å². The molecule has 0 bridgehead atoms. The van der Waals surface area contributed by atoms with E-state index in [1.165, 1.54) is 27.4 Å². The number of ether oxygens (including phenoxy) is 3. The fourth-order valence-electron chi connectivity index (χ4n) is 3.31. The van der Waals surface area contributed by atoms with Crippen LogP contribution in [0.15, 0.2) is 24.3 Å². The largest absolute Gasteiger partial charge is 0.493 e. The summed E-state index contributed by atoms with van der Waals surface area (Å²) in [5.41, 5.74) is 2.60. The van der Waals surface area contributed by atoms with Crippen LogP contribution in [0, 0.1) is 12.7 Å². The van der Waals surface area contributed by atoms with Crippen molar-refractivity contribution in [2.75, 3.05) is 26.6 Å². The Hall–Kier alpha value is -2.76. The van der Waals surface area contributed by atoms with E-state index in [1.54, 1.807) is 18.2 Å². The third-order valence-electron chi connectivity index (χ3n) is 4.41. The molecule has 0 fully saturated rings. The number of hydrogen-bond acceptors (Lipinski definition) is 4. The number of halogens is 1. The summed E-state index contributed by atoms with van der Waals surface area (Å²) in [5.74, 6) is 0.267. The van der Waals surface area contributed by atoms with E-state index in [1.807, 2.05) is 6.92 Å². The summed E-state index contributed by atoms with van der Waals surface area (Å²) >= 11 is 0. The molecule has 5 nitrogen and oxygen atoms in total. The second-order valence-corrected chi connectivity index (χ2v) is 5.94. The molecule has 25 heavy (non-hydrogen) atoms. The molecule has 0 spiro atoms. The van der Waals surface area contributed by atoms with Crippen molar-refractivity contribution in [3.63, 3.8) is 0 Å². The van der Waals surface area contributed by atoms with Crippen LogP contribution in [0.5, 0.6) is 17.2 Å². The van der Waals surface area contributed by atoms with Crippen molar-refractivity contribution in [1.29, 1.82) is 0 Å². The van der Waals surface area contributed by atoms with Crippen molar-refractivity contribution < 1.29 is 23.4 Å². The van der Waals surface area contributed by atoms with Crippen LogP contribution in [0.25, 0.3) is 0 Å². The van der Waals surface area contributed by atoms with Gasteiger partial charge in [-0.05, 0) is 18.6 Å². The second kappa shape index (κ2) is 6.63. The number of hydrogen-bond donors (Lipinski definition) is 1. The number of methoxy groups -OCH3 is 3. The topological polar surface area (TPSA) is 56.8 Å². The average Bonchev–Trinajstić information content (AvgIpc) is 2.61. The van der Waals surface area contributed by atoms with Crippen molar-refractivity contribution >= 4 is 11.6 Å². The van der Waals surface area contributed by atoms with Gasteiger partial charge in [0.25, 0.3) is 0 Å². The monoisotopic (exact) mass is 345 g/mol. The van der Waals surface area contributed by atoms with Gasteiger partial charge in [-0.15, -0.1) is 0 Å². The highest BCUT2D eigenvalue weighted by molar-refractivity contribution is 5.97. The molecule has 0 radical (unpaired) electrons. The van der Waals surface area contributed by atoms with E-state index in [9.17, 15) is 9.18 Å². The number of anilines is 1. The average molecular weight is 345 g/mol. The first-order chi connectivity index (χ1) is 12.0. The van der Waals surface area contributed by atoms with Gasteiger partial charge in [-0.1, -0.05) is 17.7 Å². The Labute approximate surface area is 145 Å². The van der Waals surface area contributed by atoms with Crippen LogP contribution in [0.4, 0.5) is 10.1 Å². The molecule has 1 atom stereocenters. The van der Waals surface area contributed by atoms with E-state index < -0.39 is 5.92 Å². The molecule has 2 aromatic carbocycles. The maximum Gasteiger partial charge on any atom is 0.225 e. The van der Waals surface area contributed by atoms with Crippen molar-refractivity contribution in [1.82, 2.24) is 0 Å². The van der Waals surface area contributed by atoms with Gasteiger partial charge in [0.05, 0.1) is 27.0 Å². The summed E-state index contributed by atoms with van der Waals surface area (Å²) in [6, 6.07) is 6.56. The zero-order chi connectivity index (χ0) is 18.1. The molecule has 1 aliphatic heterocycles. The van der Waals surface area contributed by atoms with E-state index in [-0.39, 0.29) is 18.1 Å². The summed E-state index contributed by atoms with van der Waals surface area (Å²) in [4.78, 5) is 12.2. The molecule has 0 saturated carbocycles. The first-order valence-corrected chi connectivity index (χ1v) is 7.88. The van der Waals surface area contributed by atoms with Gasteiger partial charge < -0.3 is 19.5 Å². The molecular formula is C19H20FNO4. The maximum absolute atomic E-state index is 14.5. The maximum atomic E-state index is 14.5. The van der Waals surface area contributed by atoms with Gasteiger partial charge >= 0.3 is 0 Å². The fourth-order valence-corrected chi connectivity index (χ4v) is 3.31. The Balaban J connectivity index is 2.29. The van der Waals surface area contributed by atoms with Crippen LogP contribution in [0.2, 0.25) is 0 Å². The minimum atomic E-state index is -0.474. The minimum Gasteiger partial charge on any atom is -0.493 e. The lowest BCUT2D eigenvalue weighted by Crippen LogP contribution is -2.25. The van der Waals surface area contributed by atoms with Crippen LogP contribution >= 0.6 is 0 Å². The molecule has 1 aliphatic rings. The summed E-state index contributed by atoms with van der Waals surface area (Å²) in [6.07, 6.45) is 0.124. The number of fused-ring (bicyclic) bond motifs is 1. The minimum absolute atomic E-state index is 0.124. The van der Waals surface area contributed by atoms with E-state index in [0.29, 0.717) is 34.1 Å². The van der Waals surface area contributed by atoms with Crippen LogP contribution in [-0.2, 0) is 4.79 Å². The summed E-state index contributed by atoms with van der Waals surface area (Å²) in [6.45, 7) is 1.89. The van der Waals surface area contributed by atoms with Crippen molar-refractivity contribution in [2.45, 2.75) is 19.3 Å². The van der Waals surface area contributed by atoms with Gasteiger partial charge in [-0.3, -0.25) is 4.79 Å². The Kier molecular flexibility index (Phi) is 4.53. The highest BCUT2D eigenvalue weighted by atomic mass is 19.1. The second-order valence-electron chi connectivity index (χ2n) is 5.94. The van der Waals surface area contributed by atoms with E-state index >= 15 is 0 Å². The smallest absolute Gasteiger partial charge is 0.225 e. The number of nitrogens with one attached hydrogen (secondary N) is 1. The molecule has 6 heteroatoms. The molecule has 1 unspecified atom stereocenters. The number of benzene rings is 2. The lowest BCUT2D eigenvalue weighted by molar-refractivity contribution is -0.116. The predicted octanol–water partition coefficient (Wildman–Crippen LogP) is 3.63. The van der Waals surface area contributed by atoms with Crippen molar-refractivity contribution in [2.24, 2.45) is 0 Å². The van der Waals surface area contributed by atoms with Gasteiger partial charge in [0.15, 0.2) is 11.5 Å². The Morgan fingerprint density at radius 1 is 1.08 bits per heavy atom. The van der Waals surface area contributed by atoms with Gasteiger partial charge in [0.2, 0.25) is 11.7 Å². The van der Waals surface area contributed by atoms with Gasteiger partial charge in [-0.2, -0.15) is 0 Å². The molecule has 3 rings (SSSR count). The Morgan fingerprint density at radius 3 is 2.44 bits per heavy atom. The van der Waals surface area contributed by atoms with Crippen LogP contribution in [0.1, 0.15) is 29.0 Å². The molecular weight excluding hydrogens is 325 g/mol.